The standard InChI is InChI=1S/C13H11FN2O2/c14-10-3-1-4-11(9(10)7-15)16-8-12(17)13-5-2-6-18-13/h1-6,12,16-17H,8H2. The molecule has 0 saturated carbocycles. The van der Waals surface area contributed by atoms with Crippen molar-refractivity contribution in [3.8, 4) is 6.07 Å². The maximum Gasteiger partial charge on any atom is 0.143 e. The molecule has 1 atom stereocenters. The Morgan fingerprint density at radius 1 is 1.39 bits per heavy atom. The van der Waals surface area contributed by atoms with E-state index in [-0.39, 0.29) is 12.1 Å². The van der Waals surface area contributed by atoms with E-state index in [4.69, 9.17) is 9.68 Å². The third-order valence-corrected chi connectivity index (χ3v) is 2.48. The van der Waals surface area contributed by atoms with Gasteiger partial charge in [-0.1, -0.05) is 6.07 Å². The van der Waals surface area contributed by atoms with E-state index in [0.717, 1.165) is 0 Å². The van der Waals surface area contributed by atoms with Crippen LogP contribution in [0.4, 0.5) is 10.1 Å². The second-order valence-electron chi connectivity index (χ2n) is 3.69. The van der Waals surface area contributed by atoms with Crippen molar-refractivity contribution in [1.29, 1.82) is 5.26 Å². The first-order chi connectivity index (χ1) is 8.72. The van der Waals surface area contributed by atoms with E-state index in [2.05, 4.69) is 5.32 Å². The first kappa shape index (κ1) is 12.1. The molecule has 5 heteroatoms. The van der Waals surface area contributed by atoms with Gasteiger partial charge in [-0.15, -0.1) is 0 Å². The number of nitrogens with zero attached hydrogens (tertiary/aromatic N) is 1. The number of benzene rings is 1. The molecular formula is C13H11FN2O2. The summed E-state index contributed by atoms with van der Waals surface area (Å²) in [6, 6.07) is 9.38. The average molecular weight is 246 g/mol. The van der Waals surface area contributed by atoms with Crippen LogP contribution in [0.5, 0.6) is 0 Å². The summed E-state index contributed by atoms with van der Waals surface area (Å²) in [6.45, 7) is 0.131. The van der Waals surface area contributed by atoms with Gasteiger partial charge in [-0.25, -0.2) is 4.39 Å². The molecule has 92 valence electrons. The summed E-state index contributed by atoms with van der Waals surface area (Å²) in [4.78, 5) is 0. The minimum absolute atomic E-state index is 0.0656. The average Bonchev–Trinajstić information content (AvgIpc) is 2.90. The van der Waals surface area contributed by atoms with Crippen LogP contribution in [0, 0.1) is 17.1 Å². The monoisotopic (exact) mass is 246 g/mol. The Hall–Kier alpha value is -2.32. The number of nitriles is 1. The van der Waals surface area contributed by atoms with Crippen LogP contribution in [0.25, 0.3) is 0 Å². The molecule has 0 aliphatic rings. The molecule has 0 radical (unpaired) electrons. The molecule has 2 aromatic rings. The molecule has 1 unspecified atom stereocenters. The van der Waals surface area contributed by atoms with Crippen molar-refractivity contribution in [2.45, 2.75) is 6.10 Å². The van der Waals surface area contributed by atoms with Crippen LogP contribution in [0.2, 0.25) is 0 Å². The number of anilines is 1. The van der Waals surface area contributed by atoms with Gasteiger partial charge in [0.15, 0.2) is 0 Å². The van der Waals surface area contributed by atoms with Crippen molar-refractivity contribution in [3.05, 3.63) is 53.7 Å². The zero-order valence-electron chi connectivity index (χ0n) is 9.43. The van der Waals surface area contributed by atoms with Crippen molar-refractivity contribution in [1.82, 2.24) is 0 Å². The summed E-state index contributed by atoms with van der Waals surface area (Å²) in [6.07, 6.45) is 0.608. The van der Waals surface area contributed by atoms with E-state index >= 15 is 0 Å². The SMILES string of the molecule is N#Cc1c(F)cccc1NCC(O)c1ccco1. The Kier molecular flexibility index (Phi) is 3.60. The van der Waals surface area contributed by atoms with Crippen LogP contribution in [-0.2, 0) is 0 Å². The summed E-state index contributed by atoms with van der Waals surface area (Å²) in [5.74, 6) is -0.174. The molecule has 0 fully saturated rings. The van der Waals surface area contributed by atoms with E-state index in [1.807, 2.05) is 0 Å². The highest BCUT2D eigenvalue weighted by Crippen LogP contribution is 2.20. The topological polar surface area (TPSA) is 69.2 Å². The number of hydrogen-bond acceptors (Lipinski definition) is 4. The predicted molar refractivity (Wildman–Crippen MR) is 63.3 cm³/mol. The highest BCUT2D eigenvalue weighted by molar-refractivity contribution is 5.57. The quantitative estimate of drug-likeness (QED) is 0.869. The lowest BCUT2D eigenvalue weighted by Gasteiger charge is -2.11. The van der Waals surface area contributed by atoms with Gasteiger partial charge >= 0.3 is 0 Å². The molecule has 0 aliphatic carbocycles. The zero-order valence-corrected chi connectivity index (χ0v) is 9.43. The fourth-order valence-corrected chi connectivity index (χ4v) is 1.57. The number of hydrogen-bond donors (Lipinski definition) is 2. The van der Waals surface area contributed by atoms with Crippen LogP contribution in [0.1, 0.15) is 17.4 Å². The number of aliphatic hydroxyl groups excluding tert-OH is 1. The van der Waals surface area contributed by atoms with Crippen molar-refractivity contribution in [2.24, 2.45) is 0 Å². The molecular weight excluding hydrogens is 235 g/mol. The fraction of sp³-hybridized carbons (Fsp3) is 0.154. The van der Waals surface area contributed by atoms with Crippen LogP contribution in [0.15, 0.2) is 41.0 Å². The third kappa shape index (κ3) is 2.50. The smallest absolute Gasteiger partial charge is 0.143 e. The van der Waals surface area contributed by atoms with Crippen molar-refractivity contribution >= 4 is 5.69 Å². The van der Waals surface area contributed by atoms with Gasteiger partial charge in [-0.2, -0.15) is 5.26 Å². The van der Waals surface area contributed by atoms with E-state index in [9.17, 15) is 9.50 Å². The Balaban J connectivity index is 2.07. The molecule has 4 nitrogen and oxygen atoms in total. The number of furan rings is 1. The van der Waals surface area contributed by atoms with Crippen molar-refractivity contribution < 1.29 is 13.9 Å². The van der Waals surface area contributed by atoms with Gasteiger partial charge in [0.05, 0.1) is 12.0 Å². The molecule has 2 rings (SSSR count). The Morgan fingerprint density at radius 2 is 2.22 bits per heavy atom. The molecule has 0 amide bonds. The molecule has 1 aromatic carbocycles. The van der Waals surface area contributed by atoms with Gasteiger partial charge in [-0.05, 0) is 24.3 Å². The largest absolute Gasteiger partial charge is 0.467 e. The molecule has 1 aromatic heterocycles. The zero-order chi connectivity index (χ0) is 13.0. The number of nitrogens with one attached hydrogen (secondary N) is 1. The Bertz CT molecular complexity index is 561. The number of aliphatic hydroxyl groups is 1. The van der Waals surface area contributed by atoms with E-state index in [1.54, 1.807) is 24.3 Å². The second kappa shape index (κ2) is 5.34. The van der Waals surface area contributed by atoms with Crippen LogP contribution < -0.4 is 5.32 Å². The first-order valence-electron chi connectivity index (χ1n) is 5.36. The van der Waals surface area contributed by atoms with Gasteiger partial charge < -0.3 is 14.8 Å². The second-order valence-corrected chi connectivity index (χ2v) is 3.69. The van der Waals surface area contributed by atoms with Crippen molar-refractivity contribution in [2.75, 3.05) is 11.9 Å². The predicted octanol–water partition coefficient (Wildman–Crippen LogP) is 2.44. The van der Waals surface area contributed by atoms with E-state index in [1.165, 1.54) is 18.4 Å². The van der Waals surface area contributed by atoms with Gasteiger partial charge in [-0.3, -0.25) is 0 Å². The highest BCUT2D eigenvalue weighted by atomic mass is 19.1. The maximum absolute atomic E-state index is 13.3. The van der Waals surface area contributed by atoms with E-state index < -0.39 is 11.9 Å². The Morgan fingerprint density at radius 3 is 2.89 bits per heavy atom. The molecule has 0 spiro atoms. The van der Waals surface area contributed by atoms with Crippen LogP contribution in [0.3, 0.4) is 0 Å². The summed E-state index contributed by atoms with van der Waals surface area (Å²) in [5, 5.41) is 21.4. The molecule has 0 bridgehead atoms. The van der Waals surface area contributed by atoms with Gasteiger partial charge in [0.2, 0.25) is 0 Å². The lowest BCUT2D eigenvalue weighted by atomic mass is 10.1. The maximum atomic E-state index is 13.3. The third-order valence-electron chi connectivity index (χ3n) is 2.48. The lowest BCUT2D eigenvalue weighted by molar-refractivity contribution is 0.162. The summed E-state index contributed by atoms with van der Waals surface area (Å²) in [5.41, 5.74) is 0.284. The summed E-state index contributed by atoms with van der Waals surface area (Å²) < 4.78 is 18.3. The van der Waals surface area contributed by atoms with Gasteiger partial charge in [0.25, 0.3) is 0 Å². The molecule has 1 heterocycles. The molecule has 0 aliphatic heterocycles. The highest BCUT2D eigenvalue weighted by Gasteiger charge is 2.12. The summed E-state index contributed by atoms with van der Waals surface area (Å²) >= 11 is 0. The summed E-state index contributed by atoms with van der Waals surface area (Å²) in [7, 11) is 0. The molecule has 18 heavy (non-hydrogen) atoms. The van der Waals surface area contributed by atoms with E-state index in [0.29, 0.717) is 11.4 Å². The van der Waals surface area contributed by atoms with Crippen molar-refractivity contribution in [3.63, 3.8) is 0 Å². The van der Waals surface area contributed by atoms with Gasteiger partial charge in [0.1, 0.15) is 29.3 Å². The number of halogens is 1. The lowest BCUT2D eigenvalue weighted by Crippen LogP contribution is -2.12. The number of rotatable bonds is 4. The fourth-order valence-electron chi connectivity index (χ4n) is 1.57. The minimum atomic E-state index is -0.852. The van der Waals surface area contributed by atoms with Gasteiger partial charge in [0, 0.05) is 6.54 Å². The Labute approximate surface area is 103 Å². The van der Waals surface area contributed by atoms with Crippen LogP contribution >= 0.6 is 0 Å². The molecule has 0 saturated heterocycles. The minimum Gasteiger partial charge on any atom is -0.467 e. The molecule has 2 N–H and O–H groups in total. The normalized spacial score (nSPS) is 11.8. The van der Waals surface area contributed by atoms with Crippen LogP contribution in [-0.4, -0.2) is 11.7 Å². The first-order valence-corrected chi connectivity index (χ1v) is 5.36.